The molecule has 2 atom stereocenters. The average Bonchev–Trinajstić information content (AvgIpc) is 2.96. The highest BCUT2D eigenvalue weighted by Crippen LogP contribution is 2.46. The van der Waals surface area contributed by atoms with E-state index in [9.17, 15) is 0 Å². The van der Waals surface area contributed by atoms with Gasteiger partial charge < -0.3 is 4.74 Å². The highest BCUT2D eigenvalue weighted by molar-refractivity contribution is 6.31. The van der Waals surface area contributed by atoms with Crippen LogP contribution in [0.2, 0.25) is 5.02 Å². The molecule has 4 rings (SSSR count). The minimum absolute atomic E-state index is 0.0495. The maximum Gasteiger partial charge on any atom is 0.299 e. The summed E-state index contributed by atoms with van der Waals surface area (Å²) < 4.78 is 8.53. The highest BCUT2D eigenvalue weighted by Gasteiger charge is 2.48. The molecule has 0 radical (unpaired) electrons. The molecule has 1 aliphatic carbocycles. The van der Waals surface area contributed by atoms with Crippen LogP contribution in [0, 0.1) is 5.92 Å². The fraction of sp³-hybridized carbons (Fsp3) is 0.625. The second kappa shape index (κ2) is 4.87. The number of nitrogens with zero attached hydrogens (tertiary/aromatic N) is 3. The zero-order valence-corrected chi connectivity index (χ0v) is 13.1. The molecule has 0 aromatic carbocycles. The maximum absolute atomic E-state index is 6.39. The molecular formula is C16H20ClN3O. The van der Waals surface area contributed by atoms with E-state index < -0.39 is 0 Å². The van der Waals surface area contributed by atoms with E-state index in [-0.39, 0.29) is 5.60 Å². The van der Waals surface area contributed by atoms with Gasteiger partial charge in [0.25, 0.3) is 6.01 Å². The molecule has 4 nitrogen and oxygen atoms in total. The van der Waals surface area contributed by atoms with E-state index in [1.165, 1.54) is 32.1 Å². The average molecular weight is 306 g/mol. The number of fused-ring (bicyclic) bond motifs is 3. The Kier molecular flexibility index (Phi) is 3.10. The van der Waals surface area contributed by atoms with Gasteiger partial charge in [0.2, 0.25) is 0 Å². The summed E-state index contributed by atoms with van der Waals surface area (Å²) in [6.07, 6.45) is 9.13. The van der Waals surface area contributed by atoms with Crippen LogP contribution in [0.4, 0.5) is 0 Å². The molecule has 0 N–H and O–H groups in total. The van der Waals surface area contributed by atoms with E-state index in [0.29, 0.717) is 10.9 Å². The minimum atomic E-state index is -0.0495. The number of hydrogen-bond donors (Lipinski definition) is 0. The van der Waals surface area contributed by atoms with E-state index in [4.69, 9.17) is 16.3 Å². The summed E-state index contributed by atoms with van der Waals surface area (Å²) in [6, 6.07) is 2.58. The van der Waals surface area contributed by atoms with Crippen LogP contribution in [-0.2, 0) is 6.54 Å². The van der Waals surface area contributed by atoms with Gasteiger partial charge in [-0.2, -0.15) is 4.98 Å². The first-order valence-corrected chi connectivity index (χ1v) is 8.30. The number of imidazole rings is 1. The molecule has 112 valence electrons. The Labute approximate surface area is 129 Å². The lowest BCUT2D eigenvalue weighted by molar-refractivity contribution is -0.0138. The smallest absolute Gasteiger partial charge is 0.299 e. The SMILES string of the molecule is CCCC1CCCCC12Cn1c(nc3cc(Cl)cnc31)O2. The molecule has 5 heteroatoms. The van der Waals surface area contributed by atoms with Crippen molar-refractivity contribution in [2.24, 2.45) is 5.92 Å². The van der Waals surface area contributed by atoms with Crippen LogP contribution in [0.5, 0.6) is 6.01 Å². The lowest BCUT2D eigenvalue weighted by Crippen LogP contribution is -2.45. The Morgan fingerprint density at radius 1 is 1.48 bits per heavy atom. The van der Waals surface area contributed by atoms with Crippen molar-refractivity contribution in [2.75, 3.05) is 0 Å². The van der Waals surface area contributed by atoms with Gasteiger partial charge in [0, 0.05) is 12.1 Å². The third kappa shape index (κ3) is 2.03. The normalized spacial score (nSPS) is 28.0. The molecule has 1 spiro atoms. The van der Waals surface area contributed by atoms with Gasteiger partial charge in [-0.05, 0) is 31.7 Å². The fourth-order valence-corrected chi connectivity index (χ4v) is 4.20. The molecule has 0 bridgehead atoms. The number of pyridine rings is 1. The molecule has 2 aromatic rings. The van der Waals surface area contributed by atoms with Crippen LogP contribution >= 0.6 is 11.6 Å². The van der Waals surface area contributed by atoms with Gasteiger partial charge in [-0.15, -0.1) is 0 Å². The maximum atomic E-state index is 6.39. The molecule has 2 aromatic heterocycles. The molecule has 0 amide bonds. The lowest BCUT2D eigenvalue weighted by atomic mass is 9.73. The van der Waals surface area contributed by atoms with E-state index in [2.05, 4.69) is 21.5 Å². The standard InChI is InChI=1S/C16H20ClN3O/c1-2-5-11-6-3-4-7-16(11)10-20-14-13(19-15(20)21-16)8-12(17)9-18-14/h8-9,11H,2-7,10H2,1H3. The number of halogens is 1. The topological polar surface area (TPSA) is 39.9 Å². The second-order valence-corrected chi connectivity index (χ2v) is 6.81. The van der Waals surface area contributed by atoms with Crippen molar-refractivity contribution < 1.29 is 4.74 Å². The van der Waals surface area contributed by atoms with Crippen molar-refractivity contribution in [3.63, 3.8) is 0 Å². The van der Waals surface area contributed by atoms with E-state index in [1.807, 2.05) is 6.07 Å². The molecule has 1 aliphatic heterocycles. The van der Waals surface area contributed by atoms with Gasteiger partial charge in [-0.3, -0.25) is 4.57 Å². The van der Waals surface area contributed by atoms with E-state index >= 15 is 0 Å². The molecule has 2 unspecified atom stereocenters. The van der Waals surface area contributed by atoms with Gasteiger partial charge in [-0.1, -0.05) is 31.4 Å². The van der Waals surface area contributed by atoms with Crippen molar-refractivity contribution in [1.82, 2.24) is 14.5 Å². The summed E-state index contributed by atoms with van der Waals surface area (Å²) in [5.74, 6) is 0.639. The Hall–Kier alpha value is -1.29. The van der Waals surface area contributed by atoms with Gasteiger partial charge in [0.05, 0.1) is 11.6 Å². The summed E-state index contributed by atoms with van der Waals surface area (Å²) in [5, 5.41) is 0.621. The first-order valence-electron chi connectivity index (χ1n) is 7.93. The first kappa shape index (κ1) is 13.4. The molecular weight excluding hydrogens is 286 g/mol. The van der Waals surface area contributed by atoms with Crippen LogP contribution in [0.15, 0.2) is 12.3 Å². The van der Waals surface area contributed by atoms with Crippen LogP contribution in [0.3, 0.4) is 0 Å². The Balaban J connectivity index is 1.72. The summed E-state index contributed by atoms with van der Waals surface area (Å²) in [4.78, 5) is 9.04. The van der Waals surface area contributed by atoms with Crippen molar-refractivity contribution >= 4 is 22.8 Å². The van der Waals surface area contributed by atoms with E-state index in [0.717, 1.165) is 30.1 Å². The van der Waals surface area contributed by atoms with Gasteiger partial charge in [0.1, 0.15) is 11.1 Å². The van der Waals surface area contributed by atoms with Crippen LogP contribution in [-0.4, -0.2) is 20.1 Å². The molecule has 3 heterocycles. The number of ether oxygens (including phenoxy) is 1. The van der Waals surface area contributed by atoms with Crippen LogP contribution in [0.1, 0.15) is 45.4 Å². The van der Waals surface area contributed by atoms with Gasteiger partial charge in [0.15, 0.2) is 5.65 Å². The predicted molar refractivity (Wildman–Crippen MR) is 82.8 cm³/mol. The molecule has 0 saturated heterocycles. The van der Waals surface area contributed by atoms with Gasteiger partial charge >= 0.3 is 0 Å². The number of hydrogen-bond acceptors (Lipinski definition) is 3. The van der Waals surface area contributed by atoms with Crippen LogP contribution in [0.25, 0.3) is 11.2 Å². The third-order valence-corrected chi connectivity index (χ3v) is 5.23. The fourth-order valence-electron chi connectivity index (χ4n) is 4.05. The predicted octanol–water partition coefficient (Wildman–Crippen LogP) is 4.21. The zero-order chi connectivity index (χ0) is 14.4. The first-order chi connectivity index (χ1) is 10.2. The van der Waals surface area contributed by atoms with Crippen molar-refractivity contribution in [1.29, 1.82) is 0 Å². The lowest BCUT2D eigenvalue weighted by Gasteiger charge is -2.39. The minimum Gasteiger partial charge on any atom is -0.456 e. The second-order valence-electron chi connectivity index (χ2n) is 6.38. The monoisotopic (exact) mass is 305 g/mol. The van der Waals surface area contributed by atoms with Crippen LogP contribution < -0.4 is 4.74 Å². The summed E-state index contributed by atoms with van der Waals surface area (Å²) in [7, 11) is 0. The Morgan fingerprint density at radius 2 is 2.38 bits per heavy atom. The summed E-state index contributed by atoms with van der Waals surface area (Å²) in [6.45, 7) is 3.15. The zero-order valence-electron chi connectivity index (χ0n) is 12.3. The molecule has 1 fully saturated rings. The summed E-state index contributed by atoms with van der Waals surface area (Å²) >= 11 is 6.00. The number of aromatic nitrogens is 3. The highest BCUT2D eigenvalue weighted by atomic mass is 35.5. The van der Waals surface area contributed by atoms with Crippen molar-refractivity contribution in [3.8, 4) is 6.01 Å². The quantitative estimate of drug-likeness (QED) is 0.834. The number of rotatable bonds is 2. The van der Waals surface area contributed by atoms with E-state index in [1.54, 1.807) is 6.20 Å². The third-order valence-electron chi connectivity index (χ3n) is 5.02. The van der Waals surface area contributed by atoms with Gasteiger partial charge in [-0.25, -0.2) is 4.98 Å². The Morgan fingerprint density at radius 3 is 3.24 bits per heavy atom. The molecule has 2 aliphatic rings. The largest absolute Gasteiger partial charge is 0.456 e. The van der Waals surface area contributed by atoms with Crippen molar-refractivity contribution in [2.45, 2.75) is 57.6 Å². The Bertz CT molecular complexity index is 681. The summed E-state index contributed by atoms with van der Waals surface area (Å²) in [5.41, 5.74) is 1.67. The molecule has 1 saturated carbocycles. The molecule has 21 heavy (non-hydrogen) atoms. The van der Waals surface area contributed by atoms with Crippen molar-refractivity contribution in [3.05, 3.63) is 17.3 Å².